The van der Waals surface area contributed by atoms with Crippen molar-refractivity contribution in [3.05, 3.63) is 47.8 Å². The highest BCUT2D eigenvalue weighted by molar-refractivity contribution is 5.35. The fraction of sp³-hybridized carbons (Fsp3) is 0.308. The number of para-hydroxylation sites is 1. The molecule has 0 unspecified atom stereocenters. The van der Waals surface area contributed by atoms with Crippen LogP contribution in [-0.4, -0.2) is 9.78 Å². The Morgan fingerprint density at radius 2 is 2.18 bits per heavy atom. The number of hydrogen-bond donors (Lipinski definition) is 1. The number of nitrogens with zero attached hydrogens (tertiary/aromatic N) is 2. The second-order valence-electron chi connectivity index (χ2n) is 4.14. The van der Waals surface area contributed by atoms with E-state index >= 15 is 0 Å². The lowest BCUT2D eigenvalue weighted by Gasteiger charge is -2.13. The Morgan fingerprint density at radius 1 is 1.41 bits per heavy atom. The zero-order valence-corrected chi connectivity index (χ0v) is 10.1. The maximum Gasteiger partial charge on any atom is 0.124 e. The topological polar surface area (TPSA) is 53.1 Å². The van der Waals surface area contributed by atoms with Gasteiger partial charge in [-0.05, 0) is 13.0 Å². The van der Waals surface area contributed by atoms with Crippen LogP contribution in [0.25, 0.3) is 0 Å². The van der Waals surface area contributed by atoms with Gasteiger partial charge in [-0.2, -0.15) is 5.10 Å². The first-order valence-corrected chi connectivity index (χ1v) is 5.61. The van der Waals surface area contributed by atoms with Gasteiger partial charge in [-0.1, -0.05) is 18.2 Å². The van der Waals surface area contributed by atoms with Crippen LogP contribution in [0.3, 0.4) is 0 Å². The van der Waals surface area contributed by atoms with E-state index in [1.807, 2.05) is 44.4 Å². The van der Waals surface area contributed by atoms with Gasteiger partial charge in [0.25, 0.3) is 0 Å². The fourth-order valence-corrected chi connectivity index (χ4v) is 1.70. The van der Waals surface area contributed by atoms with Crippen LogP contribution in [0.5, 0.6) is 5.75 Å². The van der Waals surface area contributed by atoms with Gasteiger partial charge < -0.3 is 10.5 Å². The van der Waals surface area contributed by atoms with Crippen molar-refractivity contribution in [3.8, 4) is 5.75 Å². The van der Waals surface area contributed by atoms with Crippen molar-refractivity contribution in [1.82, 2.24) is 9.78 Å². The van der Waals surface area contributed by atoms with Crippen molar-refractivity contribution in [1.29, 1.82) is 0 Å². The summed E-state index contributed by atoms with van der Waals surface area (Å²) in [5.74, 6) is 0.839. The first-order valence-electron chi connectivity index (χ1n) is 5.61. The fourth-order valence-electron chi connectivity index (χ4n) is 1.70. The van der Waals surface area contributed by atoms with Crippen molar-refractivity contribution in [2.24, 2.45) is 12.8 Å². The molecule has 1 aromatic heterocycles. The molecule has 17 heavy (non-hydrogen) atoms. The van der Waals surface area contributed by atoms with Gasteiger partial charge in [-0.25, -0.2) is 0 Å². The zero-order chi connectivity index (χ0) is 12.3. The van der Waals surface area contributed by atoms with Crippen LogP contribution in [0.15, 0.2) is 36.7 Å². The van der Waals surface area contributed by atoms with E-state index in [0.29, 0.717) is 6.61 Å². The SMILES string of the molecule is C[C@H](N)c1ccccc1OCc1cnn(C)c1. The van der Waals surface area contributed by atoms with Crippen LogP contribution in [0.4, 0.5) is 0 Å². The molecule has 0 aliphatic heterocycles. The Bertz CT molecular complexity index is 491. The quantitative estimate of drug-likeness (QED) is 0.875. The first kappa shape index (κ1) is 11.7. The molecule has 0 saturated heterocycles. The van der Waals surface area contributed by atoms with Crippen LogP contribution in [-0.2, 0) is 13.7 Å². The summed E-state index contributed by atoms with van der Waals surface area (Å²) in [6.45, 7) is 2.46. The van der Waals surface area contributed by atoms with Crippen molar-refractivity contribution < 1.29 is 4.74 Å². The minimum absolute atomic E-state index is 0.0277. The van der Waals surface area contributed by atoms with Crippen LogP contribution < -0.4 is 10.5 Å². The summed E-state index contributed by atoms with van der Waals surface area (Å²) in [5, 5.41) is 4.10. The third kappa shape index (κ3) is 2.85. The Morgan fingerprint density at radius 3 is 2.82 bits per heavy atom. The van der Waals surface area contributed by atoms with Gasteiger partial charge in [0.05, 0.1) is 6.20 Å². The van der Waals surface area contributed by atoms with E-state index in [9.17, 15) is 0 Å². The molecule has 0 spiro atoms. The van der Waals surface area contributed by atoms with Gasteiger partial charge >= 0.3 is 0 Å². The summed E-state index contributed by atoms with van der Waals surface area (Å²) < 4.78 is 7.52. The van der Waals surface area contributed by atoms with E-state index in [2.05, 4.69) is 5.10 Å². The van der Waals surface area contributed by atoms with Gasteiger partial charge in [-0.15, -0.1) is 0 Å². The number of ether oxygens (including phenoxy) is 1. The van der Waals surface area contributed by atoms with E-state index in [1.165, 1.54) is 0 Å². The molecule has 0 saturated carbocycles. The highest BCUT2D eigenvalue weighted by Gasteiger charge is 2.07. The monoisotopic (exact) mass is 231 g/mol. The number of aryl methyl sites for hydroxylation is 1. The summed E-state index contributed by atoms with van der Waals surface area (Å²) in [6.07, 6.45) is 3.74. The molecule has 2 N–H and O–H groups in total. The zero-order valence-electron chi connectivity index (χ0n) is 10.1. The molecule has 0 amide bonds. The molecule has 4 nitrogen and oxygen atoms in total. The lowest BCUT2D eigenvalue weighted by Crippen LogP contribution is -2.07. The average Bonchev–Trinajstić information content (AvgIpc) is 2.73. The molecule has 2 aromatic rings. The van der Waals surface area contributed by atoms with E-state index in [4.69, 9.17) is 10.5 Å². The minimum atomic E-state index is -0.0277. The third-order valence-electron chi connectivity index (χ3n) is 2.56. The molecule has 0 fully saturated rings. The lowest BCUT2D eigenvalue weighted by atomic mass is 10.1. The number of benzene rings is 1. The van der Waals surface area contributed by atoms with E-state index < -0.39 is 0 Å². The van der Waals surface area contributed by atoms with Crippen molar-refractivity contribution >= 4 is 0 Å². The number of rotatable bonds is 4. The van der Waals surface area contributed by atoms with Gasteiger partial charge in [0.15, 0.2) is 0 Å². The molecular weight excluding hydrogens is 214 g/mol. The predicted molar refractivity (Wildman–Crippen MR) is 66.6 cm³/mol. The van der Waals surface area contributed by atoms with Crippen molar-refractivity contribution in [2.45, 2.75) is 19.6 Å². The van der Waals surface area contributed by atoms with Gasteiger partial charge in [0.2, 0.25) is 0 Å². The summed E-state index contributed by atoms with van der Waals surface area (Å²) in [7, 11) is 1.89. The maximum atomic E-state index is 5.89. The molecule has 2 rings (SSSR count). The Labute approximate surface area is 101 Å². The van der Waals surface area contributed by atoms with Crippen LogP contribution in [0.2, 0.25) is 0 Å². The second-order valence-corrected chi connectivity index (χ2v) is 4.14. The third-order valence-corrected chi connectivity index (χ3v) is 2.56. The Balaban J connectivity index is 2.08. The summed E-state index contributed by atoms with van der Waals surface area (Å²) in [5.41, 5.74) is 7.96. The molecule has 0 aliphatic rings. The standard InChI is InChI=1S/C13H17N3O/c1-10(14)12-5-3-4-6-13(12)17-9-11-7-15-16(2)8-11/h3-8,10H,9,14H2,1-2H3/t10-/m0/s1. The average molecular weight is 231 g/mol. The summed E-state index contributed by atoms with van der Waals surface area (Å²) in [6, 6.07) is 7.82. The predicted octanol–water partition coefficient (Wildman–Crippen LogP) is 2.02. The lowest BCUT2D eigenvalue weighted by molar-refractivity contribution is 0.301. The van der Waals surface area contributed by atoms with E-state index in [0.717, 1.165) is 16.9 Å². The first-order chi connectivity index (χ1) is 8.16. The van der Waals surface area contributed by atoms with Crippen molar-refractivity contribution in [3.63, 3.8) is 0 Å². The van der Waals surface area contributed by atoms with Gasteiger partial charge in [0, 0.05) is 30.4 Å². The van der Waals surface area contributed by atoms with Gasteiger partial charge in [0.1, 0.15) is 12.4 Å². The molecule has 1 heterocycles. The highest BCUT2D eigenvalue weighted by atomic mass is 16.5. The number of hydrogen-bond acceptors (Lipinski definition) is 3. The second kappa shape index (κ2) is 5.01. The highest BCUT2D eigenvalue weighted by Crippen LogP contribution is 2.23. The molecule has 0 bridgehead atoms. The van der Waals surface area contributed by atoms with Crippen LogP contribution in [0.1, 0.15) is 24.1 Å². The van der Waals surface area contributed by atoms with Crippen LogP contribution in [0, 0.1) is 0 Å². The molecule has 4 heteroatoms. The molecule has 1 atom stereocenters. The van der Waals surface area contributed by atoms with E-state index in [-0.39, 0.29) is 6.04 Å². The number of aromatic nitrogens is 2. The maximum absolute atomic E-state index is 5.89. The summed E-state index contributed by atoms with van der Waals surface area (Å²) >= 11 is 0. The molecule has 0 radical (unpaired) electrons. The molecule has 0 aliphatic carbocycles. The van der Waals surface area contributed by atoms with Crippen LogP contribution >= 0.6 is 0 Å². The molecule has 90 valence electrons. The largest absolute Gasteiger partial charge is 0.488 e. The normalized spacial score (nSPS) is 12.4. The Hall–Kier alpha value is -1.81. The summed E-state index contributed by atoms with van der Waals surface area (Å²) in [4.78, 5) is 0. The van der Waals surface area contributed by atoms with E-state index in [1.54, 1.807) is 10.9 Å². The minimum Gasteiger partial charge on any atom is -0.488 e. The van der Waals surface area contributed by atoms with Gasteiger partial charge in [-0.3, -0.25) is 4.68 Å². The number of nitrogens with two attached hydrogens (primary N) is 1. The Kier molecular flexibility index (Phi) is 3.44. The molecule has 1 aromatic carbocycles. The smallest absolute Gasteiger partial charge is 0.124 e. The molecular formula is C13H17N3O. The van der Waals surface area contributed by atoms with Crippen molar-refractivity contribution in [2.75, 3.05) is 0 Å².